The maximum absolute atomic E-state index is 13.3. The number of benzene rings is 2. The van der Waals surface area contributed by atoms with Crippen LogP contribution in [0.15, 0.2) is 36.4 Å². The summed E-state index contributed by atoms with van der Waals surface area (Å²) in [6.45, 7) is 4.50. The van der Waals surface area contributed by atoms with Crippen LogP contribution in [0.3, 0.4) is 0 Å². The van der Waals surface area contributed by atoms with Crippen LogP contribution in [0.25, 0.3) is 0 Å². The summed E-state index contributed by atoms with van der Waals surface area (Å²) in [6, 6.07) is 9.58. The van der Waals surface area contributed by atoms with Gasteiger partial charge < -0.3 is 5.32 Å². The Morgan fingerprint density at radius 3 is 2.35 bits per heavy atom. The van der Waals surface area contributed by atoms with Crippen LogP contribution < -0.4 is 5.32 Å². The molecule has 0 aliphatic rings. The number of non-ortho nitro benzene ring substituents is 1. The molecule has 4 nitrogen and oxygen atoms in total. The molecule has 0 heterocycles. The minimum absolute atomic E-state index is 0.257. The predicted octanol–water partition coefficient (Wildman–Crippen LogP) is 3.96. The van der Waals surface area contributed by atoms with Gasteiger partial charge in [-0.05, 0) is 25.5 Å². The van der Waals surface area contributed by atoms with E-state index in [-0.39, 0.29) is 5.69 Å². The molecule has 0 fully saturated rings. The molecule has 0 saturated carbocycles. The Hall–Kier alpha value is -2.43. The first-order valence-corrected chi connectivity index (χ1v) is 6.20. The first-order valence-electron chi connectivity index (χ1n) is 6.20. The number of hydrogen-bond acceptors (Lipinski definition) is 3. The molecule has 0 radical (unpaired) electrons. The number of nitro benzene ring substituents is 1. The number of anilines is 1. The smallest absolute Gasteiger partial charge is 0.274 e. The fraction of sp³-hybridized carbons (Fsp3) is 0.200. The van der Waals surface area contributed by atoms with Crippen LogP contribution in [0, 0.1) is 29.8 Å². The maximum Gasteiger partial charge on any atom is 0.274 e. The summed E-state index contributed by atoms with van der Waals surface area (Å²) in [4.78, 5) is 10.1. The number of halogens is 1. The summed E-state index contributed by atoms with van der Waals surface area (Å²) in [6.07, 6.45) is 0. The van der Waals surface area contributed by atoms with Gasteiger partial charge in [-0.1, -0.05) is 29.3 Å². The summed E-state index contributed by atoms with van der Waals surface area (Å²) in [5.41, 5.74) is 3.48. The van der Waals surface area contributed by atoms with E-state index in [1.54, 1.807) is 0 Å². The van der Waals surface area contributed by atoms with E-state index in [4.69, 9.17) is 0 Å². The lowest BCUT2D eigenvalue weighted by atomic mass is 10.1. The Bertz CT molecular complexity index is 636. The zero-order chi connectivity index (χ0) is 14.7. The second kappa shape index (κ2) is 5.69. The van der Waals surface area contributed by atoms with Gasteiger partial charge in [-0.3, -0.25) is 10.1 Å². The Kier molecular flexibility index (Phi) is 3.98. The molecule has 0 atom stereocenters. The summed E-state index contributed by atoms with van der Waals surface area (Å²) in [5.74, 6) is -0.623. The van der Waals surface area contributed by atoms with Crippen LogP contribution in [0.2, 0.25) is 0 Å². The van der Waals surface area contributed by atoms with Gasteiger partial charge in [0.2, 0.25) is 0 Å². The molecule has 0 amide bonds. The fourth-order valence-corrected chi connectivity index (χ4v) is 2.16. The minimum Gasteiger partial charge on any atom is -0.381 e. The highest BCUT2D eigenvalue weighted by molar-refractivity contribution is 5.52. The number of nitro groups is 1. The topological polar surface area (TPSA) is 55.2 Å². The van der Waals surface area contributed by atoms with Crippen molar-refractivity contribution in [3.8, 4) is 0 Å². The zero-order valence-electron chi connectivity index (χ0n) is 11.3. The van der Waals surface area contributed by atoms with Gasteiger partial charge in [0.1, 0.15) is 5.82 Å². The van der Waals surface area contributed by atoms with Crippen molar-refractivity contribution in [2.75, 3.05) is 5.32 Å². The molecule has 0 unspecified atom stereocenters. The van der Waals surface area contributed by atoms with Crippen molar-refractivity contribution in [1.29, 1.82) is 0 Å². The van der Waals surface area contributed by atoms with Crippen molar-refractivity contribution in [1.82, 2.24) is 0 Å². The highest BCUT2D eigenvalue weighted by atomic mass is 19.1. The summed E-state index contributed by atoms with van der Waals surface area (Å²) >= 11 is 0. The Morgan fingerprint density at radius 1 is 1.10 bits per heavy atom. The molecular formula is C15H15FN2O2. The molecule has 0 spiro atoms. The SMILES string of the molecule is Cc1cc(C)cc(CNc2cc(F)cc([N+](=O)[O-])c2)c1. The Balaban J connectivity index is 2.16. The predicted molar refractivity (Wildman–Crippen MR) is 76.3 cm³/mol. The minimum atomic E-state index is -0.623. The molecule has 0 aliphatic carbocycles. The maximum atomic E-state index is 13.3. The molecule has 0 aliphatic heterocycles. The molecule has 1 N–H and O–H groups in total. The second-order valence-electron chi connectivity index (χ2n) is 4.80. The largest absolute Gasteiger partial charge is 0.381 e. The molecule has 0 saturated heterocycles. The highest BCUT2D eigenvalue weighted by Gasteiger charge is 2.09. The quantitative estimate of drug-likeness (QED) is 0.678. The van der Waals surface area contributed by atoms with Crippen molar-refractivity contribution in [3.05, 3.63) is 69.0 Å². The van der Waals surface area contributed by atoms with Crippen molar-refractivity contribution >= 4 is 11.4 Å². The van der Waals surface area contributed by atoms with Crippen LogP contribution in [-0.4, -0.2) is 4.92 Å². The van der Waals surface area contributed by atoms with Gasteiger partial charge in [0, 0.05) is 18.3 Å². The van der Waals surface area contributed by atoms with E-state index >= 15 is 0 Å². The number of aryl methyl sites for hydroxylation is 2. The zero-order valence-corrected chi connectivity index (χ0v) is 11.3. The Morgan fingerprint density at radius 2 is 1.75 bits per heavy atom. The monoisotopic (exact) mass is 274 g/mol. The molecular weight excluding hydrogens is 259 g/mol. The molecule has 2 rings (SSSR count). The van der Waals surface area contributed by atoms with Gasteiger partial charge in [0.25, 0.3) is 5.69 Å². The summed E-state index contributed by atoms with van der Waals surface area (Å²) in [7, 11) is 0. The molecule has 5 heteroatoms. The molecule has 0 bridgehead atoms. The Labute approximate surface area is 116 Å². The van der Waals surface area contributed by atoms with E-state index in [9.17, 15) is 14.5 Å². The van der Waals surface area contributed by atoms with Crippen LogP contribution in [0.1, 0.15) is 16.7 Å². The van der Waals surface area contributed by atoms with Gasteiger partial charge >= 0.3 is 0 Å². The summed E-state index contributed by atoms with van der Waals surface area (Å²) in [5, 5.41) is 13.7. The fourth-order valence-electron chi connectivity index (χ4n) is 2.16. The number of nitrogens with zero attached hydrogens (tertiary/aromatic N) is 1. The van der Waals surface area contributed by atoms with Gasteiger partial charge in [0.05, 0.1) is 11.0 Å². The van der Waals surface area contributed by atoms with Crippen molar-refractivity contribution < 1.29 is 9.31 Å². The highest BCUT2D eigenvalue weighted by Crippen LogP contribution is 2.21. The van der Waals surface area contributed by atoms with Crippen molar-refractivity contribution in [3.63, 3.8) is 0 Å². The lowest BCUT2D eigenvalue weighted by Crippen LogP contribution is -2.01. The van der Waals surface area contributed by atoms with E-state index in [1.807, 2.05) is 26.0 Å². The van der Waals surface area contributed by atoms with E-state index in [0.717, 1.165) is 22.8 Å². The van der Waals surface area contributed by atoms with Crippen LogP contribution >= 0.6 is 0 Å². The van der Waals surface area contributed by atoms with Crippen LogP contribution in [-0.2, 0) is 6.54 Å². The standard InChI is InChI=1S/C15H15FN2O2/c1-10-3-11(2)5-12(4-10)9-17-14-6-13(16)7-15(8-14)18(19)20/h3-8,17H,9H2,1-2H3. The average Bonchev–Trinajstić information content (AvgIpc) is 2.34. The first kappa shape index (κ1) is 14.0. The second-order valence-corrected chi connectivity index (χ2v) is 4.80. The van der Waals surface area contributed by atoms with Gasteiger partial charge in [-0.25, -0.2) is 4.39 Å². The van der Waals surface area contributed by atoms with E-state index in [2.05, 4.69) is 11.4 Å². The number of nitrogens with one attached hydrogen (secondary N) is 1. The van der Waals surface area contributed by atoms with Crippen LogP contribution in [0.5, 0.6) is 0 Å². The third-order valence-corrected chi connectivity index (χ3v) is 2.87. The van der Waals surface area contributed by atoms with Crippen LogP contribution in [0.4, 0.5) is 15.8 Å². The first-order chi connectivity index (χ1) is 9.44. The number of hydrogen-bond donors (Lipinski definition) is 1. The van der Waals surface area contributed by atoms with Gasteiger partial charge in [-0.15, -0.1) is 0 Å². The molecule has 2 aromatic carbocycles. The number of rotatable bonds is 4. The third kappa shape index (κ3) is 3.54. The van der Waals surface area contributed by atoms with Crippen molar-refractivity contribution in [2.45, 2.75) is 20.4 Å². The average molecular weight is 274 g/mol. The lowest BCUT2D eigenvalue weighted by Gasteiger charge is -2.08. The molecule has 2 aromatic rings. The van der Waals surface area contributed by atoms with Crippen molar-refractivity contribution in [2.24, 2.45) is 0 Å². The van der Waals surface area contributed by atoms with Gasteiger partial charge in [0.15, 0.2) is 0 Å². The molecule has 20 heavy (non-hydrogen) atoms. The normalized spacial score (nSPS) is 10.3. The summed E-state index contributed by atoms with van der Waals surface area (Å²) < 4.78 is 13.3. The molecule has 104 valence electrons. The van der Waals surface area contributed by atoms with E-state index in [1.165, 1.54) is 12.1 Å². The van der Waals surface area contributed by atoms with Gasteiger partial charge in [-0.2, -0.15) is 0 Å². The lowest BCUT2D eigenvalue weighted by molar-refractivity contribution is -0.385. The third-order valence-electron chi connectivity index (χ3n) is 2.87. The molecule has 0 aromatic heterocycles. The van der Waals surface area contributed by atoms with E-state index in [0.29, 0.717) is 12.2 Å². The van der Waals surface area contributed by atoms with E-state index < -0.39 is 10.7 Å².